The molecule has 0 radical (unpaired) electrons. The van der Waals surface area contributed by atoms with Crippen molar-refractivity contribution in [1.82, 2.24) is 9.55 Å². The standard InChI is InChI=1S/C10H11N3O4S/c11-2-5-3-13(10(17)12-9(5)16)8-1-6(15)7(4-14)18-8/h3,6-8,14-15H,1,4H2,(H,12,16,17)/t6?,7?,8-/m1/s1. The lowest BCUT2D eigenvalue weighted by atomic mass is 10.2. The summed E-state index contributed by atoms with van der Waals surface area (Å²) in [5.41, 5.74) is -1.50. The van der Waals surface area contributed by atoms with Gasteiger partial charge in [-0.25, -0.2) is 4.79 Å². The molecule has 1 aromatic heterocycles. The highest BCUT2D eigenvalue weighted by Gasteiger charge is 2.34. The Balaban J connectivity index is 2.39. The van der Waals surface area contributed by atoms with Crippen LogP contribution in [0.15, 0.2) is 15.8 Å². The van der Waals surface area contributed by atoms with E-state index in [1.165, 1.54) is 22.5 Å². The first-order valence-corrected chi connectivity index (χ1v) is 6.21. The minimum absolute atomic E-state index is 0.155. The Labute approximate surface area is 106 Å². The summed E-state index contributed by atoms with van der Waals surface area (Å²) in [5.74, 6) is 0. The third kappa shape index (κ3) is 2.20. The molecule has 3 N–H and O–H groups in total. The number of aliphatic hydroxyl groups is 2. The van der Waals surface area contributed by atoms with Gasteiger partial charge in [-0.1, -0.05) is 0 Å². The second kappa shape index (κ2) is 4.97. The molecule has 0 bridgehead atoms. The maximum Gasteiger partial charge on any atom is 0.329 e. The molecule has 2 unspecified atom stereocenters. The van der Waals surface area contributed by atoms with E-state index in [1.54, 1.807) is 6.07 Å². The number of hydrogen-bond donors (Lipinski definition) is 3. The Hall–Kier alpha value is -1.56. The third-order valence-electron chi connectivity index (χ3n) is 2.78. The summed E-state index contributed by atoms with van der Waals surface area (Å²) in [6.07, 6.45) is 0.757. The van der Waals surface area contributed by atoms with Gasteiger partial charge in [0, 0.05) is 12.6 Å². The maximum atomic E-state index is 11.6. The number of nitrogens with zero attached hydrogens (tertiary/aromatic N) is 2. The smallest absolute Gasteiger partial charge is 0.329 e. The zero-order valence-corrected chi connectivity index (χ0v) is 10.1. The fraction of sp³-hybridized carbons (Fsp3) is 0.500. The summed E-state index contributed by atoms with van der Waals surface area (Å²) in [6, 6.07) is 1.70. The predicted molar refractivity (Wildman–Crippen MR) is 64.2 cm³/mol. The van der Waals surface area contributed by atoms with Crippen LogP contribution in [0.25, 0.3) is 0 Å². The first-order valence-electron chi connectivity index (χ1n) is 5.26. The number of aromatic amines is 1. The fourth-order valence-corrected chi connectivity index (χ4v) is 3.21. The van der Waals surface area contributed by atoms with Gasteiger partial charge < -0.3 is 10.2 Å². The molecule has 0 aliphatic carbocycles. The predicted octanol–water partition coefficient (Wildman–Crippen LogP) is -1.23. The van der Waals surface area contributed by atoms with E-state index in [-0.39, 0.29) is 23.8 Å². The molecule has 18 heavy (non-hydrogen) atoms. The van der Waals surface area contributed by atoms with Crippen LogP contribution in [0.2, 0.25) is 0 Å². The number of aliphatic hydroxyl groups excluding tert-OH is 2. The van der Waals surface area contributed by atoms with Crippen LogP contribution in [0.5, 0.6) is 0 Å². The van der Waals surface area contributed by atoms with Crippen molar-refractivity contribution in [2.75, 3.05) is 6.61 Å². The average Bonchev–Trinajstić information content (AvgIpc) is 2.70. The molecular formula is C10H11N3O4S. The fourth-order valence-electron chi connectivity index (χ4n) is 1.83. The quantitative estimate of drug-likeness (QED) is 0.618. The lowest BCUT2D eigenvalue weighted by Gasteiger charge is -2.12. The van der Waals surface area contributed by atoms with Crippen LogP contribution in [0.4, 0.5) is 0 Å². The number of nitriles is 1. The molecule has 3 atom stereocenters. The molecule has 0 spiro atoms. The molecule has 2 rings (SSSR count). The highest BCUT2D eigenvalue weighted by Crippen LogP contribution is 2.40. The Morgan fingerprint density at radius 1 is 1.61 bits per heavy atom. The number of hydrogen-bond acceptors (Lipinski definition) is 6. The Morgan fingerprint density at radius 3 is 2.89 bits per heavy atom. The molecule has 1 fully saturated rings. The van der Waals surface area contributed by atoms with E-state index >= 15 is 0 Å². The zero-order valence-electron chi connectivity index (χ0n) is 9.24. The van der Waals surface area contributed by atoms with Gasteiger partial charge in [-0.2, -0.15) is 5.26 Å². The van der Waals surface area contributed by atoms with Crippen molar-refractivity contribution < 1.29 is 10.2 Å². The SMILES string of the molecule is N#Cc1cn([C@H]2CC(O)C(CO)S2)c(=O)[nH]c1=O. The summed E-state index contributed by atoms with van der Waals surface area (Å²) in [7, 11) is 0. The minimum atomic E-state index is -0.721. The van der Waals surface area contributed by atoms with Crippen LogP contribution >= 0.6 is 11.8 Å². The number of thioether (sulfide) groups is 1. The molecule has 0 aromatic carbocycles. The molecule has 2 heterocycles. The van der Waals surface area contributed by atoms with Gasteiger partial charge in [0.15, 0.2) is 0 Å². The van der Waals surface area contributed by atoms with Crippen molar-refractivity contribution in [3.63, 3.8) is 0 Å². The van der Waals surface area contributed by atoms with E-state index < -0.39 is 22.7 Å². The van der Waals surface area contributed by atoms with Gasteiger partial charge in [0.1, 0.15) is 11.6 Å². The lowest BCUT2D eigenvalue weighted by molar-refractivity contribution is 0.137. The van der Waals surface area contributed by atoms with Crippen LogP contribution in [0, 0.1) is 11.3 Å². The van der Waals surface area contributed by atoms with Crippen LogP contribution in [0.3, 0.4) is 0 Å². The largest absolute Gasteiger partial charge is 0.395 e. The summed E-state index contributed by atoms with van der Waals surface area (Å²) in [6.45, 7) is -0.189. The van der Waals surface area contributed by atoms with E-state index in [1.807, 2.05) is 0 Å². The molecule has 1 saturated heterocycles. The Bertz CT molecular complexity index is 602. The molecule has 1 aromatic rings. The summed E-state index contributed by atoms with van der Waals surface area (Å²) in [4.78, 5) is 24.9. The first-order chi connectivity index (χ1) is 8.56. The second-order valence-electron chi connectivity index (χ2n) is 3.94. The summed E-state index contributed by atoms with van der Waals surface area (Å²) < 4.78 is 1.21. The number of H-pyrrole nitrogens is 1. The van der Waals surface area contributed by atoms with Gasteiger partial charge in [-0.15, -0.1) is 11.8 Å². The van der Waals surface area contributed by atoms with E-state index in [2.05, 4.69) is 4.98 Å². The Morgan fingerprint density at radius 2 is 2.33 bits per heavy atom. The molecule has 96 valence electrons. The average molecular weight is 269 g/mol. The Kier molecular flexibility index (Phi) is 3.56. The van der Waals surface area contributed by atoms with Crippen molar-refractivity contribution in [2.24, 2.45) is 0 Å². The molecule has 1 aliphatic heterocycles. The van der Waals surface area contributed by atoms with Crippen LogP contribution in [-0.4, -0.2) is 37.7 Å². The van der Waals surface area contributed by atoms with Crippen LogP contribution in [-0.2, 0) is 0 Å². The topological polar surface area (TPSA) is 119 Å². The molecule has 0 saturated carbocycles. The highest BCUT2D eigenvalue weighted by molar-refractivity contribution is 8.00. The van der Waals surface area contributed by atoms with Crippen molar-refractivity contribution in [3.05, 3.63) is 32.6 Å². The minimum Gasteiger partial charge on any atom is -0.395 e. The third-order valence-corrected chi connectivity index (χ3v) is 4.33. The van der Waals surface area contributed by atoms with Gasteiger partial charge in [0.2, 0.25) is 0 Å². The molecule has 0 amide bonds. The van der Waals surface area contributed by atoms with Gasteiger partial charge in [-0.05, 0) is 0 Å². The van der Waals surface area contributed by atoms with Crippen LogP contribution in [0.1, 0.15) is 17.4 Å². The van der Waals surface area contributed by atoms with Crippen molar-refractivity contribution in [1.29, 1.82) is 5.26 Å². The molecule has 8 heteroatoms. The molecular weight excluding hydrogens is 258 g/mol. The number of rotatable bonds is 2. The van der Waals surface area contributed by atoms with Gasteiger partial charge in [0.25, 0.3) is 5.56 Å². The van der Waals surface area contributed by atoms with Crippen molar-refractivity contribution in [2.45, 2.75) is 23.1 Å². The monoisotopic (exact) mass is 269 g/mol. The lowest BCUT2D eigenvalue weighted by Crippen LogP contribution is -2.32. The van der Waals surface area contributed by atoms with E-state index in [4.69, 9.17) is 10.4 Å². The van der Waals surface area contributed by atoms with E-state index in [9.17, 15) is 14.7 Å². The van der Waals surface area contributed by atoms with Gasteiger partial charge in [0.05, 0.1) is 23.3 Å². The molecule has 1 aliphatic rings. The highest BCUT2D eigenvalue weighted by atomic mass is 32.2. The summed E-state index contributed by atoms with van der Waals surface area (Å²) in [5, 5.41) is 26.7. The first kappa shape index (κ1) is 12.9. The van der Waals surface area contributed by atoms with E-state index in [0.717, 1.165) is 0 Å². The number of aromatic nitrogens is 2. The van der Waals surface area contributed by atoms with Gasteiger partial charge >= 0.3 is 5.69 Å². The normalized spacial score (nSPS) is 27.1. The van der Waals surface area contributed by atoms with Gasteiger partial charge in [-0.3, -0.25) is 14.3 Å². The van der Waals surface area contributed by atoms with Crippen molar-refractivity contribution >= 4 is 11.8 Å². The second-order valence-corrected chi connectivity index (χ2v) is 5.36. The molecule has 7 nitrogen and oxygen atoms in total. The maximum absolute atomic E-state index is 11.6. The zero-order chi connectivity index (χ0) is 13.3. The van der Waals surface area contributed by atoms with Crippen molar-refractivity contribution in [3.8, 4) is 6.07 Å². The summed E-state index contributed by atoms with van der Waals surface area (Å²) >= 11 is 1.24. The van der Waals surface area contributed by atoms with Crippen LogP contribution < -0.4 is 11.2 Å². The number of nitrogens with one attached hydrogen (secondary N) is 1. The van der Waals surface area contributed by atoms with E-state index in [0.29, 0.717) is 0 Å².